The molecule has 0 aliphatic carbocycles. The summed E-state index contributed by atoms with van der Waals surface area (Å²) in [5, 5.41) is 0. The Morgan fingerprint density at radius 3 is 0.738 bits per heavy atom. The zero-order valence-electron chi connectivity index (χ0n) is 22.3. The van der Waals surface area contributed by atoms with Crippen molar-refractivity contribution in [1.29, 1.82) is 0 Å². The van der Waals surface area contributed by atoms with Crippen molar-refractivity contribution in [3.05, 3.63) is 200 Å². The summed E-state index contributed by atoms with van der Waals surface area (Å²) < 4.78 is 0. The lowest BCUT2D eigenvalue weighted by Gasteiger charge is -2.04. The molecule has 0 radical (unpaired) electrons. The summed E-state index contributed by atoms with van der Waals surface area (Å²) in [6.07, 6.45) is 0. The number of nitrogens with zero attached hydrogens (tertiary/aromatic N) is 8. The van der Waals surface area contributed by atoms with Crippen LogP contribution in [-0.2, 0) is 0 Å². The van der Waals surface area contributed by atoms with E-state index in [1.54, 1.807) is 72.8 Å². The average Bonchev–Trinajstić information content (AvgIpc) is 3.04. The van der Waals surface area contributed by atoms with E-state index in [-0.39, 0.29) is 11.4 Å². The second-order valence-corrected chi connectivity index (χ2v) is 9.27. The van der Waals surface area contributed by atoms with Gasteiger partial charge in [0.15, 0.2) is 0 Å². The Bertz CT molecular complexity index is 1850. The van der Waals surface area contributed by atoms with Crippen molar-refractivity contribution in [2.45, 2.75) is 0 Å². The largest absolute Gasteiger partial charge is 0.361 e. The van der Waals surface area contributed by atoms with E-state index >= 15 is 0 Å². The van der Waals surface area contributed by atoms with Gasteiger partial charge in [-0.1, -0.05) is 54.6 Å². The van der Waals surface area contributed by atoms with Gasteiger partial charge in [0.2, 0.25) is 0 Å². The molecule has 0 unspecified atom stereocenters. The molecule has 5 rings (SSSR count). The minimum absolute atomic E-state index is 0.272. The summed E-state index contributed by atoms with van der Waals surface area (Å²) in [6, 6.07) is 39.9. The lowest BCUT2D eigenvalue weighted by molar-refractivity contribution is -0.00356. The second-order valence-electron chi connectivity index (χ2n) is 9.27. The van der Waals surface area contributed by atoms with Crippen LogP contribution in [0.5, 0.6) is 0 Å². The molecule has 8 nitrogen and oxygen atoms in total. The number of hydrogen-bond donors (Lipinski definition) is 0. The third-order valence-corrected chi connectivity index (χ3v) is 6.72. The molecule has 0 amide bonds. The van der Waals surface area contributed by atoms with Gasteiger partial charge in [0.05, 0.1) is 44.5 Å². The number of rotatable bonds is 8. The van der Waals surface area contributed by atoms with E-state index in [0.29, 0.717) is 44.8 Å². The van der Waals surface area contributed by atoms with Crippen LogP contribution in [0.4, 0.5) is 0 Å². The maximum atomic E-state index is 10.1. The molecule has 0 fully saturated rings. The highest BCUT2D eigenvalue weighted by atomic mass is 14.9. The quantitative estimate of drug-likeness (QED) is 0.129. The van der Waals surface area contributed by atoms with Crippen molar-refractivity contribution in [2.75, 3.05) is 0 Å². The van der Waals surface area contributed by atoms with Crippen LogP contribution < -0.4 is 0 Å². The summed E-state index contributed by atoms with van der Waals surface area (Å²) >= 11 is 0. The first kappa shape index (κ1) is 27.2. The molecule has 0 atom stereocenters. The average molecular weight is 543 g/mol. The van der Waals surface area contributed by atoms with E-state index in [1.165, 1.54) is 0 Å². The van der Waals surface area contributed by atoms with Gasteiger partial charge in [-0.05, 0) is 78.9 Å². The van der Waals surface area contributed by atoms with E-state index < -0.39 is 0 Å². The van der Waals surface area contributed by atoms with Crippen molar-refractivity contribution in [1.82, 2.24) is 0 Å². The summed E-state index contributed by atoms with van der Waals surface area (Å²) in [6.45, 7) is 0. The molecule has 0 aliphatic rings. The maximum Gasteiger partial charge on any atom is 0.329 e. The predicted octanol–water partition coefficient (Wildman–Crippen LogP) is 5.96. The summed E-state index contributed by atoms with van der Waals surface area (Å²) in [4.78, 5) is 14.2. The molecule has 0 N–H and O–H groups in total. The zero-order chi connectivity index (χ0) is 29.3. The minimum atomic E-state index is 0.272. The zero-order valence-corrected chi connectivity index (χ0v) is 22.3. The highest BCUT2D eigenvalue weighted by Crippen LogP contribution is 2.19. The standard InChI is InChI=1S/C34H22N8/c35-39-31(23-10-3-1-4-11-23)25-14-7-16-27(20-25)33(41-37)29-18-9-19-30(22-29)34(42-38)28-17-8-15-26(21-28)32(40-36)24-12-5-2-6-13-24/h1-22H. The summed E-state index contributed by atoms with van der Waals surface area (Å²) in [5.74, 6) is 0. The first-order valence-electron chi connectivity index (χ1n) is 13.0. The van der Waals surface area contributed by atoms with Crippen molar-refractivity contribution in [3.63, 3.8) is 0 Å². The van der Waals surface area contributed by atoms with Crippen molar-refractivity contribution in [3.8, 4) is 0 Å². The van der Waals surface area contributed by atoms with Gasteiger partial charge in [-0.15, -0.1) is 0 Å². The number of hydrogen-bond acceptors (Lipinski definition) is 0. The van der Waals surface area contributed by atoms with Crippen LogP contribution in [0.2, 0.25) is 0 Å². The van der Waals surface area contributed by atoms with Crippen molar-refractivity contribution >= 4 is 22.8 Å². The lowest BCUT2D eigenvalue weighted by atomic mass is 9.93. The SMILES string of the molecule is [N-]=[N+]=C(c1ccccc1)c1cccc(C(=[N+]=[N-])c2cccc(C(=[N+]=[N-])c3cccc(C(=[N+]=[N-])c4ccccc4)c3)c2)c1. The molecule has 0 saturated heterocycles. The molecule has 0 bridgehead atoms. The molecule has 5 aromatic carbocycles. The van der Waals surface area contributed by atoms with Crippen LogP contribution in [0, 0.1) is 0 Å². The van der Waals surface area contributed by atoms with Crippen LogP contribution in [0.1, 0.15) is 44.5 Å². The van der Waals surface area contributed by atoms with Gasteiger partial charge in [-0.3, -0.25) is 0 Å². The van der Waals surface area contributed by atoms with Gasteiger partial charge in [-0.2, -0.15) is 19.2 Å². The molecule has 0 aromatic heterocycles. The normalized spacial score (nSPS) is 9.90. The summed E-state index contributed by atoms with van der Waals surface area (Å²) in [5.41, 5.74) is 46.0. The molecule has 198 valence electrons. The Labute approximate surface area is 241 Å². The predicted molar refractivity (Wildman–Crippen MR) is 160 cm³/mol. The first-order valence-corrected chi connectivity index (χ1v) is 13.0. The van der Waals surface area contributed by atoms with Gasteiger partial charge in [0.25, 0.3) is 0 Å². The Morgan fingerprint density at radius 2 is 0.500 bits per heavy atom. The highest BCUT2D eigenvalue weighted by Gasteiger charge is 2.24. The van der Waals surface area contributed by atoms with E-state index in [1.807, 2.05) is 60.7 Å². The molecule has 0 heterocycles. The van der Waals surface area contributed by atoms with Crippen LogP contribution in [0.25, 0.3) is 22.1 Å². The van der Waals surface area contributed by atoms with Crippen molar-refractivity contribution in [2.24, 2.45) is 0 Å². The van der Waals surface area contributed by atoms with Crippen LogP contribution in [0.15, 0.2) is 133 Å². The Hall–Kier alpha value is -6.38. The monoisotopic (exact) mass is 542 g/mol. The van der Waals surface area contributed by atoms with E-state index in [4.69, 9.17) is 0 Å². The van der Waals surface area contributed by atoms with E-state index in [9.17, 15) is 22.1 Å². The molecular weight excluding hydrogens is 520 g/mol. The Morgan fingerprint density at radius 1 is 0.286 bits per heavy atom. The van der Waals surface area contributed by atoms with Gasteiger partial charge in [0, 0.05) is 0 Å². The summed E-state index contributed by atoms with van der Waals surface area (Å²) in [7, 11) is 0. The molecule has 0 spiro atoms. The van der Waals surface area contributed by atoms with Gasteiger partial charge < -0.3 is 22.1 Å². The third-order valence-electron chi connectivity index (χ3n) is 6.72. The lowest BCUT2D eigenvalue weighted by Crippen LogP contribution is -2.12. The number of benzene rings is 5. The fraction of sp³-hybridized carbons (Fsp3) is 0. The fourth-order valence-electron chi connectivity index (χ4n) is 4.76. The van der Waals surface area contributed by atoms with Gasteiger partial charge in [0.1, 0.15) is 0 Å². The van der Waals surface area contributed by atoms with Gasteiger partial charge >= 0.3 is 22.8 Å². The van der Waals surface area contributed by atoms with Gasteiger partial charge in [-0.25, -0.2) is 0 Å². The third kappa shape index (κ3) is 5.64. The smallest absolute Gasteiger partial charge is 0.329 e. The topological polar surface area (TPSA) is 146 Å². The molecule has 42 heavy (non-hydrogen) atoms. The van der Waals surface area contributed by atoms with Crippen LogP contribution >= 0.6 is 0 Å². The highest BCUT2D eigenvalue weighted by molar-refractivity contribution is 6.16. The van der Waals surface area contributed by atoms with E-state index in [2.05, 4.69) is 19.2 Å². The second kappa shape index (κ2) is 12.6. The minimum Gasteiger partial charge on any atom is -0.361 e. The van der Waals surface area contributed by atoms with Crippen LogP contribution in [0.3, 0.4) is 0 Å². The Balaban J connectivity index is 1.51. The molecule has 0 aliphatic heterocycles. The maximum absolute atomic E-state index is 10.1. The first-order chi connectivity index (χ1) is 20.7. The molecule has 0 saturated carbocycles. The van der Waals surface area contributed by atoms with Crippen LogP contribution in [-0.4, -0.2) is 42.0 Å². The van der Waals surface area contributed by atoms with Crippen molar-refractivity contribution < 1.29 is 19.2 Å². The molecular formula is C34H22N8. The fourth-order valence-corrected chi connectivity index (χ4v) is 4.76. The molecule has 8 heteroatoms. The Kier molecular flexibility index (Phi) is 8.19. The van der Waals surface area contributed by atoms with E-state index in [0.717, 1.165) is 11.1 Å². The molecule has 5 aromatic rings.